The van der Waals surface area contributed by atoms with Crippen molar-refractivity contribution in [2.24, 2.45) is 0 Å². The molecule has 0 bridgehead atoms. The number of fused-ring (bicyclic) bond motifs is 1. The Kier molecular flexibility index (Phi) is 4.97. The van der Waals surface area contributed by atoms with Crippen LogP contribution in [0.15, 0.2) is 65.7 Å². The van der Waals surface area contributed by atoms with Gasteiger partial charge in [-0.1, -0.05) is 0 Å². The van der Waals surface area contributed by atoms with E-state index in [0.29, 0.717) is 22.7 Å². The Morgan fingerprint density at radius 2 is 1.87 bits per heavy atom. The number of ether oxygens (including phenoxy) is 1. The van der Waals surface area contributed by atoms with Gasteiger partial charge in [-0.3, -0.25) is 4.79 Å². The van der Waals surface area contributed by atoms with E-state index in [1.165, 1.54) is 0 Å². The lowest BCUT2D eigenvalue weighted by atomic mass is 10.1. The van der Waals surface area contributed by atoms with E-state index in [0.717, 1.165) is 48.6 Å². The van der Waals surface area contributed by atoms with Gasteiger partial charge in [-0.05, 0) is 53.9 Å². The topological polar surface area (TPSA) is 109 Å². The minimum absolute atomic E-state index is 0.195. The molecule has 0 amide bonds. The number of benzene rings is 1. The van der Waals surface area contributed by atoms with E-state index in [2.05, 4.69) is 32.3 Å². The molecular weight excluding hydrogens is 392 g/mol. The van der Waals surface area contributed by atoms with E-state index < -0.39 is 0 Å². The maximum absolute atomic E-state index is 12.6. The third-order valence-electron chi connectivity index (χ3n) is 5.34. The number of nitrogens with one attached hydrogen (secondary N) is 2. The van der Waals surface area contributed by atoms with Crippen LogP contribution in [0.25, 0.3) is 22.0 Å². The van der Waals surface area contributed by atoms with Gasteiger partial charge in [-0.15, -0.1) is 0 Å². The summed E-state index contributed by atoms with van der Waals surface area (Å²) in [6, 6.07) is 15.5. The van der Waals surface area contributed by atoms with Crippen molar-refractivity contribution in [1.82, 2.24) is 15.0 Å². The number of aromatic nitrogens is 3. The lowest BCUT2D eigenvalue weighted by Gasteiger charge is -2.28. The summed E-state index contributed by atoms with van der Waals surface area (Å²) in [7, 11) is 0. The molecule has 0 spiro atoms. The molecule has 1 aliphatic rings. The number of hydrogen-bond acceptors (Lipinski definition) is 7. The van der Waals surface area contributed by atoms with Crippen molar-refractivity contribution in [1.29, 1.82) is 0 Å². The van der Waals surface area contributed by atoms with E-state index in [-0.39, 0.29) is 5.56 Å². The predicted octanol–water partition coefficient (Wildman–Crippen LogP) is 3.15. The first-order chi connectivity index (χ1) is 15.2. The lowest BCUT2D eigenvalue weighted by molar-refractivity contribution is 0.122. The number of anilines is 4. The number of hydrogen-bond donors (Lipinski definition) is 3. The smallest absolute Gasteiger partial charge is 0.259 e. The van der Waals surface area contributed by atoms with E-state index in [1.807, 2.05) is 30.3 Å². The van der Waals surface area contributed by atoms with Crippen LogP contribution >= 0.6 is 0 Å². The Hall–Kier alpha value is -3.91. The van der Waals surface area contributed by atoms with Gasteiger partial charge in [0.1, 0.15) is 11.6 Å². The Morgan fingerprint density at radius 1 is 1.06 bits per heavy atom. The van der Waals surface area contributed by atoms with Crippen LogP contribution in [0.5, 0.6) is 0 Å². The normalized spacial score (nSPS) is 14.0. The third kappa shape index (κ3) is 3.93. The highest BCUT2D eigenvalue weighted by atomic mass is 16.5. The molecule has 0 aliphatic carbocycles. The maximum Gasteiger partial charge on any atom is 0.259 e. The number of nitrogen functional groups attached to an aromatic ring is 1. The first kappa shape index (κ1) is 19.1. The second-order valence-electron chi connectivity index (χ2n) is 7.37. The monoisotopic (exact) mass is 414 g/mol. The summed E-state index contributed by atoms with van der Waals surface area (Å²) in [4.78, 5) is 26.5. The van der Waals surface area contributed by atoms with Gasteiger partial charge in [-0.2, -0.15) is 0 Å². The summed E-state index contributed by atoms with van der Waals surface area (Å²) in [5, 5.41) is 4.62. The summed E-state index contributed by atoms with van der Waals surface area (Å²) < 4.78 is 5.42. The largest absolute Gasteiger partial charge is 0.384 e. The predicted molar refractivity (Wildman–Crippen MR) is 123 cm³/mol. The number of nitrogens with zero attached hydrogens (tertiary/aromatic N) is 3. The quantitative estimate of drug-likeness (QED) is 0.471. The molecule has 1 aliphatic heterocycles. The molecule has 8 heteroatoms. The van der Waals surface area contributed by atoms with Gasteiger partial charge in [0.05, 0.1) is 24.3 Å². The summed E-state index contributed by atoms with van der Waals surface area (Å²) in [5.41, 5.74) is 9.04. The molecule has 1 saturated heterocycles. The first-order valence-electron chi connectivity index (χ1n) is 10.1. The number of aromatic amines is 1. The second-order valence-corrected chi connectivity index (χ2v) is 7.37. The number of nitrogens with two attached hydrogens (primary N) is 1. The number of pyridine rings is 3. The van der Waals surface area contributed by atoms with Gasteiger partial charge in [0, 0.05) is 42.4 Å². The van der Waals surface area contributed by atoms with Gasteiger partial charge < -0.3 is 25.7 Å². The molecule has 3 aromatic heterocycles. The minimum Gasteiger partial charge on any atom is -0.384 e. The molecule has 156 valence electrons. The zero-order valence-corrected chi connectivity index (χ0v) is 16.8. The molecular formula is C23H22N6O2. The molecule has 4 aromatic rings. The maximum atomic E-state index is 12.6. The molecule has 4 heterocycles. The molecule has 31 heavy (non-hydrogen) atoms. The SMILES string of the molecule is Nc1ccc(-c2cc3cc[nH]c(=O)c3c(Nc3ccc(N4CCOCC4)cc3)n2)cn1. The van der Waals surface area contributed by atoms with Crippen LogP contribution in [0.2, 0.25) is 0 Å². The van der Waals surface area contributed by atoms with Crippen LogP contribution in [-0.2, 0) is 4.74 Å². The molecule has 0 atom stereocenters. The van der Waals surface area contributed by atoms with Crippen LogP contribution in [0.1, 0.15) is 0 Å². The fourth-order valence-electron chi connectivity index (χ4n) is 3.72. The molecule has 4 N–H and O–H groups in total. The van der Waals surface area contributed by atoms with Crippen LogP contribution in [0.4, 0.5) is 23.0 Å². The van der Waals surface area contributed by atoms with Crippen LogP contribution in [0, 0.1) is 0 Å². The second kappa shape index (κ2) is 8.08. The molecule has 0 saturated carbocycles. The fourth-order valence-corrected chi connectivity index (χ4v) is 3.72. The molecule has 8 nitrogen and oxygen atoms in total. The van der Waals surface area contributed by atoms with Gasteiger partial charge in [-0.25, -0.2) is 9.97 Å². The van der Waals surface area contributed by atoms with Crippen molar-refractivity contribution >= 4 is 33.8 Å². The Bertz CT molecular complexity index is 1260. The van der Waals surface area contributed by atoms with Crippen LogP contribution < -0.4 is 21.5 Å². The van der Waals surface area contributed by atoms with Crippen molar-refractivity contribution in [2.75, 3.05) is 42.3 Å². The van der Waals surface area contributed by atoms with Crippen molar-refractivity contribution in [3.8, 4) is 11.3 Å². The summed E-state index contributed by atoms with van der Waals surface area (Å²) in [6.45, 7) is 3.25. The highest BCUT2D eigenvalue weighted by Gasteiger charge is 2.13. The van der Waals surface area contributed by atoms with Crippen LogP contribution in [0.3, 0.4) is 0 Å². The summed E-state index contributed by atoms with van der Waals surface area (Å²) in [6.07, 6.45) is 3.31. The summed E-state index contributed by atoms with van der Waals surface area (Å²) >= 11 is 0. The van der Waals surface area contributed by atoms with Gasteiger partial charge in [0.25, 0.3) is 5.56 Å². The summed E-state index contributed by atoms with van der Waals surface area (Å²) in [5.74, 6) is 0.935. The van der Waals surface area contributed by atoms with Crippen molar-refractivity contribution in [3.63, 3.8) is 0 Å². The zero-order valence-electron chi connectivity index (χ0n) is 16.8. The van der Waals surface area contributed by atoms with Gasteiger partial charge in [0.2, 0.25) is 0 Å². The average molecular weight is 414 g/mol. The molecule has 0 radical (unpaired) electrons. The standard InChI is InChI=1S/C23H22N6O2/c24-20-6-1-16(14-26-20)19-13-15-7-8-25-23(30)21(15)22(28-19)27-17-2-4-18(5-3-17)29-9-11-31-12-10-29/h1-8,13-14H,9-12H2,(H2,24,26)(H,25,30)(H,27,28). The average Bonchev–Trinajstić information content (AvgIpc) is 2.80. The number of H-pyrrole nitrogens is 1. The van der Waals surface area contributed by atoms with Crippen molar-refractivity contribution in [2.45, 2.75) is 0 Å². The minimum atomic E-state index is -0.195. The highest BCUT2D eigenvalue weighted by molar-refractivity contribution is 5.95. The molecule has 1 aromatic carbocycles. The Labute approximate surface area is 178 Å². The number of rotatable bonds is 4. The highest BCUT2D eigenvalue weighted by Crippen LogP contribution is 2.28. The Balaban J connectivity index is 1.52. The van der Waals surface area contributed by atoms with Crippen molar-refractivity contribution < 1.29 is 4.74 Å². The van der Waals surface area contributed by atoms with E-state index in [9.17, 15) is 4.79 Å². The lowest BCUT2D eigenvalue weighted by Crippen LogP contribution is -2.36. The van der Waals surface area contributed by atoms with E-state index in [1.54, 1.807) is 18.5 Å². The van der Waals surface area contributed by atoms with Crippen LogP contribution in [-0.4, -0.2) is 41.3 Å². The van der Waals surface area contributed by atoms with Gasteiger partial charge in [0.15, 0.2) is 0 Å². The van der Waals surface area contributed by atoms with Crippen molar-refractivity contribution in [3.05, 3.63) is 71.3 Å². The zero-order chi connectivity index (χ0) is 21.2. The van der Waals surface area contributed by atoms with Gasteiger partial charge >= 0.3 is 0 Å². The molecule has 1 fully saturated rings. The number of morpholine rings is 1. The first-order valence-corrected chi connectivity index (χ1v) is 10.1. The Morgan fingerprint density at radius 3 is 2.61 bits per heavy atom. The fraction of sp³-hybridized carbons (Fsp3) is 0.174. The third-order valence-corrected chi connectivity index (χ3v) is 5.34. The van der Waals surface area contributed by atoms with E-state index >= 15 is 0 Å². The molecule has 5 rings (SSSR count). The molecule has 0 unspecified atom stereocenters. The van der Waals surface area contributed by atoms with E-state index in [4.69, 9.17) is 15.5 Å².